The van der Waals surface area contributed by atoms with Crippen LogP contribution in [-0.2, 0) is 12.7 Å². The van der Waals surface area contributed by atoms with Crippen molar-refractivity contribution < 1.29 is 12.7 Å². The van der Waals surface area contributed by atoms with E-state index in [2.05, 4.69) is 119 Å². The Labute approximate surface area is 253 Å². The molecule has 2 aromatic rings. The first kappa shape index (κ1) is 34.1. The molecule has 0 bridgehead atoms. The molecule has 39 heavy (non-hydrogen) atoms. The van der Waals surface area contributed by atoms with Gasteiger partial charge in [0.15, 0.2) is 0 Å². The zero-order chi connectivity index (χ0) is 29.7. The van der Waals surface area contributed by atoms with Gasteiger partial charge in [-0.15, -0.1) is 0 Å². The predicted octanol–water partition coefficient (Wildman–Crippen LogP) is 12.2. The molecule has 1 aliphatic rings. The van der Waals surface area contributed by atoms with Gasteiger partial charge in [-0.05, 0) is 58.8 Å². The van der Waals surface area contributed by atoms with Gasteiger partial charge in [0, 0.05) is 10.8 Å². The minimum atomic E-state index is -0.0442. The van der Waals surface area contributed by atoms with Crippen LogP contribution in [-0.4, -0.2) is 11.4 Å². The Morgan fingerprint density at radius 3 is 1.00 bits per heavy atom. The molecule has 1 aliphatic carbocycles. The van der Waals surface area contributed by atoms with Crippen molar-refractivity contribution in [2.45, 2.75) is 120 Å². The van der Waals surface area contributed by atoms with E-state index in [9.17, 15) is 0 Å². The van der Waals surface area contributed by atoms with Crippen LogP contribution in [0.2, 0.25) is 0 Å². The predicted molar refractivity (Wildman–Crippen MR) is 172 cm³/mol. The monoisotopic (exact) mass is 614 g/mol. The van der Waals surface area contributed by atoms with Gasteiger partial charge in [0.1, 0.15) is 0 Å². The van der Waals surface area contributed by atoms with Crippen LogP contribution in [0, 0.1) is 10.8 Å². The third-order valence-electron chi connectivity index (χ3n) is 8.01. The SMILES string of the molecule is CC(C)c1cccc(C(C)C)c1N=C1C(=Nc2c(C(C)C)cccc2C(C)C)C(C)(C)CCC1(C)C.[Cl][Ni][Cl]. The summed E-state index contributed by atoms with van der Waals surface area (Å²) in [6, 6.07) is 13.5. The van der Waals surface area contributed by atoms with Crippen molar-refractivity contribution >= 4 is 43.2 Å². The second-order valence-corrected chi connectivity index (χ2v) is 15.1. The van der Waals surface area contributed by atoms with Crippen molar-refractivity contribution in [2.75, 3.05) is 0 Å². The van der Waals surface area contributed by atoms with E-state index in [0.717, 1.165) is 24.2 Å². The number of benzene rings is 2. The second-order valence-electron chi connectivity index (χ2n) is 13.4. The molecular formula is C34H50Cl2N2Ni. The van der Waals surface area contributed by atoms with E-state index in [1.807, 2.05) is 0 Å². The van der Waals surface area contributed by atoms with Crippen LogP contribution >= 0.6 is 20.4 Å². The van der Waals surface area contributed by atoms with E-state index in [0.29, 0.717) is 36.3 Å². The number of para-hydroxylation sites is 2. The van der Waals surface area contributed by atoms with Crippen molar-refractivity contribution in [1.82, 2.24) is 0 Å². The molecule has 0 heterocycles. The van der Waals surface area contributed by atoms with Crippen LogP contribution < -0.4 is 0 Å². The number of nitrogens with zero attached hydrogens (tertiary/aromatic N) is 2. The molecule has 0 saturated heterocycles. The third kappa shape index (κ3) is 8.21. The van der Waals surface area contributed by atoms with Crippen molar-refractivity contribution in [3.63, 3.8) is 0 Å². The third-order valence-corrected chi connectivity index (χ3v) is 8.01. The summed E-state index contributed by atoms with van der Waals surface area (Å²) in [5.41, 5.74) is 9.90. The van der Waals surface area contributed by atoms with Crippen LogP contribution in [0.1, 0.15) is 142 Å². The summed E-state index contributed by atoms with van der Waals surface area (Å²) >= 11 is 0.569. The Hall–Kier alpha value is -1.15. The maximum absolute atomic E-state index is 5.62. The summed E-state index contributed by atoms with van der Waals surface area (Å²) in [6.45, 7) is 27.7. The maximum atomic E-state index is 5.62. The fraction of sp³-hybridized carbons (Fsp3) is 0.588. The quantitative estimate of drug-likeness (QED) is 0.289. The summed E-state index contributed by atoms with van der Waals surface area (Å²) in [7, 11) is 9.40. The van der Waals surface area contributed by atoms with Gasteiger partial charge in [0.05, 0.1) is 22.8 Å². The van der Waals surface area contributed by atoms with E-state index in [4.69, 9.17) is 30.4 Å². The first-order chi connectivity index (χ1) is 18.1. The molecule has 5 heteroatoms. The van der Waals surface area contributed by atoms with E-state index in [1.54, 1.807) is 0 Å². The standard InChI is InChI=1S/C34H50N2.2ClH.Ni/c1-21(2)25-15-13-16-26(22(3)4)29(25)35-31-32(34(11,12)20-19-33(31,9)10)36-30-27(23(5)6)17-14-18-28(30)24(7)8;;;/h13-18,21-24H,19-20H2,1-12H3;2*1H;/q;;;+2/p-2. The van der Waals surface area contributed by atoms with E-state index in [-0.39, 0.29) is 10.8 Å². The van der Waals surface area contributed by atoms with Gasteiger partial charge in [0.2, 0.25) is 0 Å². The van der Waals surface area contributed by atoms with Crippen LogP contribution in [0.25, 0.3) is 0 Å². The summed E-state index contributed by atoms with van der Waals surface area (Å²) < 4.78 is 0. The first-order valence-corrected chi connectivity index (χ1v) is 17.1. The molecule has 1 saturated carbocycles. The number of hydrogen-bond acceptors (Lipinski definition) is 2. The van der Waals surface area contributed by atoms with Crippen LogP contribution in [0.15, 0.2) is 46.4 Å². The molecule has 0 radical (unpaired) electrons. The fourth-order valence-corrected chi connectivity index (χ4v) is 5.42. The van der Waals surface area contributed by atoms with Crippen molar-refractivity contribution in [3.8, 4) is 0 Å². The molecule has 0 atom stereocenters. The molecule has 2 nitrogen and oxygen atoms in total. The fourth-order valence-electron chi connectivity index (χ4n) is 5.42. The average Bonchev–Trinajstić information content (AvgIpc) is 2.84. The number of aliphatic imine (C=N–C) groups is 2. The summed E-state index contributed by atoms with van der Waals surface area (Å²) in [5.74, 6) is 1.66. The molecule has 0 aliphatic heterocycles. The van der Waals surface area contributed by atoms with E-state index >= 15 is 0 Å². The molecular weight excluding hydrogens is 566 g/mol. The molecule has 3 rings (SSSR count). The topological polar surface area (TPSA) is 24.7 Å². The number of rotatable bonds is 6. The van der Waals surface area contributed by atoms with Gasteiger partial charge in [0.25, 0.3) is 0 Å². The average molecular weight is 616 g/mol. The zero-order valence-corrected chi connectivity index (χ0v) is 28.7. The molecule has 0 amide bonds. The van der Waals surface area contributed by atoms with Crippen molar-refractivity contribution in [1.29, 1.82) is 0 Å². The number of halogens is 2. The van der Waals surface area contributed by atoms with Crippen LogP contribution in [0.3, 0.4) is 0 Å². The minimum absolute atomic E-state index is 0.0442. The van der Waals surface area contributed by atoms with Crippen molar-refractivity contribution in [2.24, 2.45) is 20.8 Å². The zero-order valence-electron chi connectivity index (χ0n) is 26.2. The molecule has 0 unspecified atom stereocenters. The Bertz CT molecular complexity index is 1030. The molecule has 0 aromatic heterocycles. The summed E-state index contributed by atoms with van der Waals surface area (Å²) in [4.78, 5) is 11.2. The molecule has 0 N–H and O–H groups in total. The Kier molecular flexibility index (Phi) is 12.4. The van der Waals surface area contributed by atoms with Gasteiger partial charge in [-0.1, -0.05) is 119 Å². The summed E-state index contributed by atoms with van der Waals surface area (Å²) in [6.07, 6.45) is 2.23. The van der Waals surface area contributed by atoms with Gasteiger partial charge in [-0.25, -0.2) is 0 Å². The Morgan fingerprint density at radius 1 is 0.564 bits per heavy atom. The van der Waals surface area contributed by atoms with Gasteiger partial charge < -0.3 is 0 Å². The van der Waals surface area contributed by atoms with Gasteiger partial charge in [-0.2, -0.15) is 0 Å². The second kappa shape index (κ2) is 14.2. The normalized spacial score (nSPS) is 18.9. The van der Waals surface area contributed by atoms with E-state index < -0.39 is 0 Å². The Morgan fingerprint density at radius 2 is 0.795 bits per heavy atom. The van der Waals surface area contributed by atoms with Crippen LogP contribution in [0.4, 0.5) is 11.4 Å². The molecule has 220 valence electrons. The molecule has 1 fully saturated rings. The van der Waals surface area contributed by atoms with E-state index in [1.165, 1.54) is 33.7 Å². The molecule has 2 aromatic carbocycles. The summed E-state index contributed by atoms with van der Waals surface area (Å²) in [5, 5.41) is 0. The van der Waals surface area contributed by atoms with Crippen molar-refractivity contribution in [3.05, 3.63) is 58.7 Å². The first-order valence-electron chi connectivity index (χ1n) is 14.4. The van der Waals surface area contributed by atoms with Gasteiger partial charge in [-0.3, -0.25) is 9.98 Å². The Balaban J connectivity index is 0.00000170. The van der Waals surface area contributed by atoms with Gasteiger partial charge >= 0.3 is 33.0 Å². The number of hydrogen-bond donors (Lipinski definition) is 0. The molecule has 0 spiro atoms. The van der Waals surface area contributed by atoms with Crippen LogP contribution in [0.5, 0.6) is 0 Å².